The van der Waals surface area contributed by atoms with Gasteiger partial charge in [-0.1, -0.05) is 18.2 Å². The summed E-state index contributed by atoms with van der Waals surface area (Å²) in [6.45, 7) is 0.602. The van der Waals surface area contributed by atoms with Crippen LogP contribution in [0.15, 0.2) is 36.5 Å². The van der Waals surface area contributed by atoms with E-state index >= 15 is 0 Å². The van der Waals surface area contributed by atoms with E-state index in [-0.39, 0.29) is 5.91 Å². The molecule has 0 bridgehead atoms. The molecule has 5 nitrogen and oxygen atoms in total. The summed E-state index contributed by atoms with van der Waals surface area (Å²) >= 11 is 0. The maximum absolute atomic E-state index is 11.8. The highest BCUT2D eigenvalue weighted by Gasteiger charge is 2.13. The summed E-state index contributed by atoms with van der Waals surface area (Å²) in [6, 6.07) is 5.80. The lowest BCUT2D eigenvalue weighted by molar-refractivity contribution is -0.121. The molecular weight excluding hydrogens is 252 g/mol. The maximum Gasteiger partial charge on any atom is 0.220 e. The van der Waals surface area contributed by atoms with Crippen LogP contribution in [0.3, 0.4) is 0 Å². The Morgan fingerprint density at radius 1 is 1.40 bits per heavy atom. The Bertz CT molecular complexity index is 632. The molecule has 1 aliphatic carbocycles. The zero-order chi connectivity index (χ0) is 13.8. The zero-order valence-corrected chi connectivity index (χ0v) is 11.3. The third-order valence-electron chi connectivity index (χ3n) is 3.62. The van der Waals surface area contributed by atoms with Gasteiger partial charge in [-0.3, -0.25) is 9.20 Å². The van der Waals surface area contributed by atoms with Gasteiger partial charge in [-0.05, 0) is 30.9 Å². The van der Waals surface area contributed by atoms with Gasteiger partial charge in [0, 0.05) is 25.6 Å². The van der Waals surface area contributed by atoms with Gasteiger partial charge in [0.25, 0.3) is 0 Å². The van der Waals surface area contributed by atoms with E-state index in [2.05, 4.69) is 27.7 Å². The number of carbonyl (C=O) groups is 1. The largest absolute Gasteiger partial charge is 0.356 e. The van der Waals surface area contributed by atoms with Crippen LogP contribution < -0.4 is 5.32 Å². The second kappa shape index (κ2) is 5.86. The Kier molecular flexibility index (Phi) is 3.76. The van der Waals surface area contributed by atoms with Crippen LogP contribution in [-0.4, -0.2) is 27.0 Å². The molecule has 0 unspecified atom stereocenters. The number of allylic oxidation sites excluding steroid dienone is 2. The molecule has 1 amide bonds. The summed E-state index contributed by atoms with van der Waals surface area (Å²) in [7, 11) is 0. The summed E-state index contributed by atoms with van der Waals surface area (Å²) in [6.07, 6.45) is 9.72. The van der Waals surface area contributed by atoms with Gasteiger partial charge in [0.2, 0.25) is 5.91 Å². The molecule has 20 heavy (non-hydrogen) atoms. The molecule has 3 rings (SSSR count). The Balaban J connectivity index is 1.49. The summed E-state index contributed by atoms with van der Waals surface area (Å²) in [5.74, 6) is 1.42. The highest BCUT2D eigenvalue weighted by atomic mass is 16.1. The third kappa shape index (κ3) is 2.87. The van der Waals surface area contributed by atoms with Crippen molar-refractivity contribution >= 4 is 11.6 Å². The molecule has 0 fully saturated rings. The number of rotatable bonds is 5. The summed E-state index contributed by atoms with van der Waals surface area (Å²) < 4.78 is 1.95. The van der Waals surface area contributed by atoms with E-state index in [0.29, 0.717) is 25.3 Å². The van der Waals surface area contributed by atoms with Gasteiger partial charge in [-0.2, -0.15) is 0 Å². The Morgan fingerprint density at radius 3 is 3.20 bits per heavy atom. The van der Waals surface area contributed by atoms with Crippen LogP contribution in [-0.2, 0) is 11.2 Å². The molecule has 0 saturated carbocycles. The first-order valence-electron chi connectivity index (χ1n) is 7.05. The van der Waals surface area contributed by atoms with E-state index in [4.69, 9.17) is 0 Å². The molecule has 2 aromatic heterocycles. The lowest BCUT2D eigenvalue weighted by atomic mass is 10.1. The third-order valence-corrected chi connectivity index (χ3v) is 3.62. The Morgan fingerprint density at radius 2 is 2.35 bits per heavy atom. The van der Waals surface area contributed by atoms with E-state index in [1.54, 1.807) is 0 Å². The van der Waals surface area contributed by atoms with Crippen LogP contribution in [0.5, 0.6) is 0 Å². The van der Waals surface area contributed by atoms with Crippen molar-refractivity contribution < 1.29 is 4.79 Å². The van der Waals surface area contributed by atoms with E-state index in [0.717, 1.165) is 24.3 Å². The van der Waals surface area contributed by atoms with Crippen LogP contribution in [0.4, 0.5) is 0 Å². The quantitative estimate of drug-likeness (QED) is 0.842. The molecule has 0 aliphatic heterocycles. The van der Waals surface area contributed by atoms with Gasteiger partial charge in [-0.25, -0.2) is 0 Å². The van der Waals surface area contributed by atoms with E-state index < -0.39 is 0 Å². The maximum atomic E-state index is 11.8. The monoisotopic (exact) mass is 270 g/mol. The van der Waals surface area contributed by atoms with E-state index in [9.17, 15) is 4.79 Å². The average Bonchev–Trinajstić information content (AvgIpc) is 3.09. The van der Waals surface area contributed by atoms with Gasteiger partial charge in [-0.15, -0.1) is 10.2 Å². The summed E-state index contributed by atoms with van der Waals surface area (Å²) in [5.41, 5.74) is 0.838. The minimum Gasteiger partial charge on any atom is -0.356 e. The number of fused-ring (bicyclic) bond motifs is 1. The number of amides is 1. The Hall–Kier alpha value is -2.17. The summed E-state index contributed by atoms with van der Waals surface area (Å²) in [4.78, 5) is 11.8. The Labute approximate surface area is 117 Å². The molecule has 0 aromatic carbocycles. The van der Waals surface area contributed by atoms with Crippen LogP contribution >= 0.6 is 0 Å². The SMILES string of the molecule is O=C(C[C@H]1C=CCC1)NCCc1nnc2ccccn12. The molecule has 104 valence electrons. The van der Waals surface area contributed by atoms with Crippen molar-refractivity contribution in [3.05, 3.63) is 42.4 Å². The van der Waals surface area contributed by atoms with Crippen molar-refractivity contribution in [2.24, 2.45) is 5.92 Å². The molecule has 2 heterocycles. The van der Waals surface area contributed by atoms with Crippen molar-refractivity contribution in [2.45, 2.75) is 25.7 Å². The zero-order valence-electron chi connectivity index (χ0n) is 11.3. The molecule has 1 aliphatic rings. The van der Waals surface area contributed by atoms with E-state index in [1.807, 2.05) is 28.8 Å². The van der Waals surface area contributed by atoms with Gasteiger partial charge < -0.3 is 5.32 Å². The molecular formula is C15H18N4O. The van der Waals surface area contributed by atoms with Crippen molar-refractivity contribution in [3.8, 4) is 0 Å². The average molecular weight is 270 g/mol. The number of aromatic nitrogens is 3. The molecule has 0 radical (unpaired) electrons. The van der Waals surface area contributed by atoms with Gasteiger partial charge >= 0.3 is 0 Å². The number of hydrogen-bond acceptors (Lipinski definition) is 3. The van der Waals surface area contributed by atoms with Crippen LogP contribution in [0.1, 0.15) is 25.1 Å². The highest BCUT2D eigenvalue weighted by molar-refractivity contribution is 5.76. The van der Waals surface area contributed by atoms with E-state index in [1.165, 1.54) is 0 Å². The first-order chi connectivity index (χ1) is 9.83. The second-order valence-corrected chi connectivity index (χ2v) is 5.11. The molecule has 1 N–H and O–H groups in total. The first kappa shape index (κ1) is 12.8. The lowest BCUT2D eigenvalue weighted by Crippen LogP contribution is -2.27. The number of pyridine rings is 1. The molecule has 0 saturated heterocycles. The second-order valence-electron chi connectivity index (χ2n) is 5.11. The number of nitrogens with zero attached hydrogens (tertiary/aromatic N) is 3. The van der Waals surface area contributed by atoms with Crippen molar-refractivity contribution in [1.82, 2.24) is 19.9 Å². The lowest BCUT2D eigenvalue weighted by Gasteiger charge is -2.08. The minimum absolute atomic E-state index is 0.121. The van der Waals surface area contributed by atoms with Crippen LogP contribution in [0.25, 0.3) is 5.65 Å². The highest BCUT2D eigenvalue weighted by Crippen LogP contribution is 2.19. The molecule has 0 spiro atoms. The fraction of sp³-hybridized carbons (Fsp3) is 0.400. The van der Waals surface area contributed by atoms with Crippen LogP contribution in [0, 0.1) is 5.92 Å². The smallest absolute Gasteiger partial charge is 0.220 e. The van der Waals surface area contributed by atoms with Crippen LogP contribution in [0.2, 0.25) is 0 Å². The van der Waals surface area contributed by atoms with Gasteiger partial charge in [0.15, 0.2) is 5.65 Å². The van der Waals surface area contributed by atoms with Crippen molar-refractivity contribution in [3.63, 3.8) is 0 Å². The van der Waals surface area contributed by atoms with Gasteiger partial charge in [0.1, 0.15) is 5.82 Å². The minimum atomic E-state index is 0.121. The van der Waals surface area contributed by atoms with Crippen molar-refractivity contribution in [2.75, 3.05) is 6.54 Å². The van der Waals surface area contributed by atoms with Crippen molar-refractivity contribution in [1.29, 1.82) is 0 Å². The standard InChI is InChI=1S/C15H18N4O/c20-15(11-12-5-1-2-6-12)16-9-8-14-18-17-13-7-3-4-10-19(13)14/h1,3-5,7,10,12H,2,6,8-9,11H2,(H,16,20)/t12-/m0/s1. The topological polar surface area (TPSA) is 59.3 Å². The predicted molar refractivity (Wildman–Crippen MR) is 76.2 cm³/mol. The summed E-state index contributed by atoms with van der Waals surface area (Å²) in [5, 5.41) is 11.2. The number of hydrogen-bond donors (Lipinski definition) is 1. The fourth-order valence-electron chi connectivity index (χ4n) is 2.55. The molecule has 1 atom stereocenters. The number of carbonyl (C=O) groups excluding carboxylic acids is 1. The van der Waals surface area contributed by atoms with Gasteiger partial charge in [0.05, 0.1) is 0 Å². The predicted octanol–water partition coefficient (Wildman–Crippen LogP) is 1.74. The molecule has 2 aromatic rings. The molecule has 5 heteroatoms. The first-order valence-corrected chi connectivity index (χ1v) is 7.05. The fourth-order valence-corrected chi connectivity index (χ4v) is 2.55. The normalized spacial score (nSPS) is 17.7. The number of nitrogens with one attached hydrogen (secondary N) is 1.